The first kappa shape index (κ1) is 22.6. The van der Waals surface area contributed by atoms with E-state index in [2.05, 4.69) is 11.4 Å². The molecule has 0 saturated carbocycles. The average molecular weight is 439 g/mol. The van der Waals surface area contributed by atoms with E-state index < -0.39 is 11.1 Å². The number of nitrogens with zero attached hydrogens (tertiary/aromatic N) is 1. The molecule has 0 bridgehead atoms. The van der Waals surface area contributed by atoms with Gasteiger partial charge in [0.15, 0.2) is 0 Å². The van der Waals surface area contributed by atoms with E-state index in [1.807, 2.05) is 56.3 Å². The Hall–Kier alpha value is -3.06. The first-order valence-electron chi connectivity index (χ1n) is 10.3. The van der Waals surface area contributed by atoms with Crippen LogP contribution in [0.1, 0.15) is 36.5 Å². The van der Waals surface area contributed by atoms with Gasteiger partial charge in [-0.3, -0.25) is 19.3 Å². The zero-order valence-electron chi connectivity index (χ0n) is 17.7. The lowest BCUT2D eigenvalue weighted by atomic mass is 10.1. The van der Waals surface area contributed by atoms with Gasteiger partial charge in [-0.1, -0.05) is 61.4 Å². The number of amides is 3. The molecular formula is C24H26N2O4S. The number of unbranched alkanes of at least 4 members (excludes halogenated alkanes) is 1. The molecule has 2 aromatic carbocycles. The molecule has 0 aliphatic carbocycles. The van der Waals surface area contributed by atoms with Crippen molar-refractivity contribution in [3.8, 4) is 5.75 Å². The Kier molecular flexibility index (Phi) is 7.89. The summed E-state index contributed by atoms with van der Waals surface area (Å²) in [5.74, 6) is -0.180. The fourth-order valence-electron chi connectivity index (χ4n) is 3.08. The Balaban J connectivity index is 1.69. The maximum Gasteiger partial charge on any atom is 0.294 e. The Morgan fingerprint density at radius 2 is 1.97 bits per heavy atom. The Morgan fingerprint density at radius 3 is 2.74 bits per heavy atom. The minimum absolute atomic E-state index is 0.267. The van der Waals surface area contributed by atoms with Crippen LogP contribution in [-0.4, -0.2) is 35.0 Å². The summed E-state index contributed by atoms with van der Waals surface area (Å²) in [7, 11) is 0. The van der Waals surface area contributed by atoms with E-state index in [0.29, 0.717) is 24.5 Å². The van der Waals surface area contributed by atoms with Crippen LogP contribution in [0.3, 0.4) is 0 Å². The van der Waals surface area contributed by atoms with Gasteiger partial charge >= 0.3 is 0 Å². The van der Waals surface area contributed by atoms with E-state index in [0.717, 1.165) is 40.6 Å². The van der Waals surface area contributed by atoms with Gasteiger partial charge in [0.05, 0.1) is 4.91 Å². The van der Waals surface area contributed by atoms with Crippen LogP contribution in [0.15, 0.2) is 53.4 Å². The molecule has 6 nitrogen and oxygen atoms in total. The Morgan fingerprint density at radius 1 is 1.16 bits per heavy atom. The number of para-hydroxylation sites is 1. The van der Waals surface area contributed by atoms with Gasteiger partial charge in [-0.2, -0.15) is 0 Å². The number of aryl methyl sites for hydroxylation is 1. The number of nitrogens with one attached hydrogen (secondary N) is 1. The van der Waals surface area contributed by atoms with Crippen molar-refractivity contribution < 1.29 is 19.1 Å². The fraction of sp³-hybridized carbons (Fsp3) is 0.292. The molecule has 31 heavy (non-hydrogen) atoms. The number of carbonyl (C=O) groups excluding carboxylic acids is 3. The summed E-state index contributed by atoms with van der Waals surface area (Å²) in [5, 5.41) is 2.28. The summed E-state index contributed by atoms with van der Waals surface area (Å²) >= 11 is 0.835. The molecule has 0 unspecified atom stereocenters. The predicted octanol–water partition coefficient (Wildman–Crippen LogP) is 4.53. The second-order valence-electron chi connectivity index (χ2n) is 7.29. The van der Waals surface area contributed by atoms with Crippen molar-refractivity contribution in [2.45, 2.75) is 33.3 Å². The number of imide groups is 1. The number of carbonyl (C=O) groups is 3. The van der Waals surface area contributed by atoms with E-state index in [-0.39, 0.29) is 17.4 Å². The third-order valence-electron chi connectivity index (χ3n) is 4.71. The van der Waals surface area contributed by atoms with Gasteiger partial charge in [0.1, 0.15) is 18.9 Å². The van der Waals surface area contributed by atoms with Gasteiger partial charge in [-0.05, 0) is 42.8 Å². The molecule has 1 aliphatic heterocycles. The van der Waals surface area contributed by atoms with Gasteiger partial charge in [0, 0.05) is 12.1 Å². The van der Waals surface area contributed by atoms with Crippen molar-refractivity contribution in [3.05, 3.63) is 70.1 Å². The monoisotopic (exact) mass is 438 g/mol. The molecule has 7 heteroatoms. The number of benzene rings is 2. The highest BCUT2D eigenvalue weighted by Crippen LogP contribution is 2.34. The van der Waals surface area contributed by atoms with Crippen LogP contribution in [-0.2, 0) is 16.2 Å². The topological polar surface area (TPSA) is 75.7 Å². The fourth-order valence-corrected chi connectivity index (χ4v) is 3.91. The maximum atomic E-state index is 12.7. The minimum atomic E-state index is -0.464. The molecule has 1 aliphatic rings. The molecular weight excluding hydrogens is 412 g/mol. The molecule has 3 rings (SSSR count). The molecule has 1 fully saturated rings. The molecule has 162 valence electrons. The number of ether oxygens (including phenoxy) is 1. The first-order chi connectivity index (χ1) is 15.0. The first-order valence-corrected chi connectivity index (χ1v) is 11.1. The highest BCUT2D eigenvalue weighted by Gasteiger charge is 2.36. The van der Waals surface area contributed by atoms with Crippen LogP contribution in [0.5, 0.6) is 5.75 Å². The van der Waals surface area contributed by atoms with Crippen LogP contribution < -0.4 is 10.1 Å². The van der Waals surface area contributed by atoms with E-state index in [9.17, 15) is 14.4 Å². The summed E-state index contributed by atoms with van der Waals surface area (Å²) < 4.78 is 5.97. The van der Waals surface area contributed by atoms with Crippen molar-refractivity contribution in [3.63, 3.8) is 0 Å². The van der Waals surface area contributed by atoms with Crippen LogP contribution in [0, 0.1) is 6.92 Å². The van der Waals surface area contributed by atoms with E-state index in [1.165, 1.54) is 0 Å². The SMILES string of the molecule is CCCCNC(=O)CN1C(=O)S/C(=C\c2ccccc2OCc2cccc(C)c2)C1=O. The number of rotatable bonds is 9. The summed E-state index contributed by atoms with van der Waals surface area (Å²) in [6.07, 6.45) is 3.45. The van der Waals surface area contributed by atoms with Gasteiger partial charge in [0.2, 0.25) is 5.91 Å². The van der Waals surface area contributed by atoms with Crippen molar-refractivity contribution >= 4 is 34.9 Å². The summed E-state index contributed by atoms with van der Waals surface area (Å²) in [6, 6.07) is 15.4. The molecule has 2 aromatic rings. The largest absolute Gasteiger partial charge is 0.488 e. The third-order valence-corrected chi connectivity index (χ3v) is 5.62. The summed E-state index contributed by atoms with van der Waals surface area (Å²) in [4.78, 5) is 38.3. The highest BCUT2D eigenvalue weighted by atomic mass is 32.2. The second kappa shape index (κ2) is 10.8. The molecule has 1 N–H and O–H groups in total. The normalized spacial score (nSPS) is 14.9. The maximum absolute atomic E-state index is 12.7. The average Bonchev–Trinajstić information content (AvgIpc) is 3.01. The molecule has 3 amide bonds. The molecule has 0 spiro atoms. The van der Waals surface area contributed by atoms with Gasteiger partial charge in [-0.25, -0.2) is 0 Å². The predicted molar refractivity (Wildman–Crippen MR) is 123 cm³/mol. The van der Waals surface area contributed by atoms with Crippen molar-refractivity contribution in [2.24, 2.45) is 0 Å². The number of thioether (sulfide) groups is 1. The van der Waals surface area contributed by atoms with Crippen LogP contribution in [0.4, 0.5) is 4.79 Å². The highest BCUT2D eigenvalue weighted by molar-refractivity contribution is 8.18. The van der Waals surface area contributed by atoms with E-state index in [1.54, 1.807) is 6.08 Å². The van der Waals surface area contributed by atoms with Crippen LogP contribution in [0.25, 0.3) is 6.08 Å². The quantitative estimate of drug-likeness (QED) is 0.460. The van der Waals surface area contributed by atoms with Gasteiger partial charge < -0.3 is 10.1 Å². The van der Waals surface area contributed by atoms with Gasteiger partial charge in [0.25, 0.3) is 11.1 Å². The second-order valence-corrected chi connectivity index (χ2v) is 8.28. The van der Waals surface area contributed by atoms with Crippen LogP contribution >= 0.6 is 11.8 Å². The lowest BCUT2D eigenvalue weighted by Gasteiger charge is -2.12. The molecule has 1 heterocycles. The molecule has 0 atom stereocenters. The number of hydrogen-bond acceptors (Lipinski definition) is 5. The zero-order chi connectivity index (χ0) is 22.2. The lowest BCUT2D eigenvalue weighted by Crippen LogP contribution is -2.39. The molecule has 0 aromatic heterocycles. The third kappa shape index (κ3) is 6.21. The minimum Gasteiger partial charge on any atom is -0.488 e. The van der Waals surface area contributed by atoms with Crippen molar-refractivity contribution in [1.82, 2.24) is 10.2 Å². The van der Waals surface area contributed by atoms with Crippen LogP contribution in [0.2, 0.25) is 0 Å². The summed E-state index contributed by atoms with van der Waals surface area (Å²) in [6.45, 7) is 4.71. The zero-order valence-corrected chi connectivity index (χ0v) is 18.5. The molecule has 0 radical (unpaired) electrons. The number of hydrogen-bond donors (Lipinski definition) is 1. The van der Waals surface area contributed by atoms with Crippen molar-refractivity contribution in [1.29, 1.82) is 0 Å². The Labute approximate surface area is 186 Å². The van der Waals surface area contributed by atoms with E-state index >= 15 is 0 Å². The van der Waals surface area contributed by atoms with Gasteiger partial charge in [-0.15, -0.1) is 0 Å². The summed E-state index contributed by atoms with van der Waals surface area (Å²) in [5.41, 5.74) is 2.90. The lowest BCUT2D eigenvalue weighted by molar-refractivity contribution is -0.129. The van der Waals surface area contributed by atoms with Crippen molar-refractivity contribution in [2.75, 3.05) is 13.1 Å². The molecule has 1 saturated heterocycles. The standard InChI is InChI=1S/C24H26N2O4S/c1-3-4-12-25-22(27)15-26-23(28)21(31-24(26)29)14-19-10-5-6-11-20(19)30-16-18-9-7-8-17(2)13-18/h5-11,13-14H,3-4,12,15-16H2,1-2H3,(H,25,27)/b21-14-. The Bertz CT molecular complexity index is 1000. The smallest absolute Gasteiger partial charge is 0.294 e. The van der Waals surface area contributed by atoms with E-state index in [4.69, 9.17) is 4.74 Å².